The van der Waals surface area contributed by atoms with Gasteiger partial charge in [-0.3, -0.25) is 4.79 Å². The molecule has 164 valence electrons. The molecular weight excluding hydrogens is 390 g/mol. The van der Waals surface area contributed by atoms with Crippen LogP contribution in [0.15, 0.2) is 60.7 Å². The summed E-state index contributed by atoms with van der Waals surface area (Å²) in [7, 11) is 1.59. The molecular formula is C26H31NO4. The molecule has 0 aliphatic rings. The van der Waals surface area contributed by atoms with Crippen molar-refractivity contribution in [3.8, 4) is 11.5 Å². The molecule has 0 radical (unpaired) electrons. The number of aliphatic hydroxyl groups excluding tert-OH is 1. The molecule has 0 fully saturated rings. The zero-order chi connectivity index (χ0) is 22.2. The smallest absolute Gasteiger partial charge is 0.163 e. The molecule has 2 N–H and O–H groups in total. The predicted octanol–water partition coefficient (Wildman–Crippen LogP) is 4.40. The molecule has 5 heteroatoms. The Balaban J connectivity index is 1.61. The van der Waals surface area contributed by atoms with Gasteiger partial charge in [-0.1, -0.05) is 56.3 Å². The van der Waals surface area contributed by atoms with Crippen LogP contribution >= 0.6 is 0 Å². The second-order valence-corrected chi connectivity index (χ2v) is 8.00. The van der Waals surface area contributed by atoms with Crippen LogP contribution < -0.4 is 14.8 Å². The van der Waals surface area contributed by atoms with Gasteiger partial charge in [-0.25, -0.2) is 0 Å². The van der Waals surface area contributed by atoms with E-state index in [-0.39, 0.29) is 12.4 Å². The lowest BCUT2D eigenvalue weighted by Gasteiger charge is -2.17. The Bertz CT molecular complexity index is 1020. The van der Waals surface area contributed by atoms with Crippen molar-refractivity contribution in [2.24, 2.45) is 0 Å². The standard InChI is InChI=1S/C26H31NO4/c1-18(2)27-16-23(28)17-31-26-14-19(9-13-25(26)30-3)8-12-24(29)22-11-10-20-6-4-5-7-21(20)15-22/h4-7,9-11,13-15,18,23,27-28H,8,12,16-17H2,1-3H3. The van der Waals surface area contributed by atoms with E-state index in [0.29, 0.717) is 36.9 Å². The molecule has 1 unspecified atom stereocenters. The van der Waals surface area contributed by atoms with Crippen molar-refractivity contribution in [2.45, 2.75) is 38.8 Å². The van der Waals surface area contributed by atoms with Gasteiger partial charge in [0.05, 0.1) is 7.11 Å². The second-order valence-electron chi connectivity index (χ2n) is 8.00. The van der Waals surface area contributed by atoms with Crippen LogP contribution in [-0.2, 0) is 6.42 Å². The molecule has 0 spiro atoms. The molecule has 0 aliphatic heterocycles. The summed E-state index contributed by atoms with van der Waals surface area (Å²) in [5.74, 6) is 1.29. The van der Waals surface area contributed by atoms with Gasteiger partial charge in [0.1, 0.15) is 12.7 Å². The molecule has 1 atom stereocenters. The number of fused-ring (bicyclic) bond motifs is 1. The number of aryl methyl sites for hydroxylation is 1. The zero-order valence-corrected chi connectivity index (χ0v) is 18.4. The minimum Gasteiger partial charge on any atom is -0.493 e. The first-order valence-electron chi connectivity index (χ1n) is 10.7. The van der Waals surface area contributed by atoms with Crippen molar-refractivity contribution in [2.75, 3.05) is 20.3 Å². The Morgan fingerprint density at radius 2 is 1.77 bits per heavy atom. The Morgan fingerprint density at radius 1 is 1.00 bits per heavy atom. The van der Waals surface area contributed by atoms with Crippen molar-refractivity contribution >= 4 is 16.6 Å². The number of Topliss-reactive ketones (excluding diaryl/α,β-unsaturated/α-hetero) is 1. The monoisotopic (exact) mass is 421 g/mol. The fraction of sp³-hybridized carbons (Fsp3) is 0.346. The normalized spacial score (nSPS) is 12.2. The van der Waals surface area contributed by atoms with Crippen molar-refractivity contribution < 1.29 is 19.4 Å². The maximum absolute atomic E-state index is 12.7. The second kappa shape index (κ2) is 10.9. The molecule has 0 heterocycles. The van der Waals surface area contributed by atoms with Gasteiger partial charge in [-0.05, 0) is 41.0 Å². The Kier molecular flexibility index (Phi) is 8.04. The molecule has 3 rings (SSSR count). The third-order valence-electron chi connectivity index (χ3n) is 5.13. The summed E-state index contributed by atoms with van der Waals surface area (Å²) in [5.41, 5.74) is 1.71. The highest BCUT2D eigenvalue weighted by Crippen LogP contribution is 2.29. The molecule has 3 aromatic carbocycles. The summed E-state index contributed by atoms with van der Waals surface area (Å²) in [5, 5.41) is 15.5. The largest absolute Gasteiger partial charge is 0.493 e. The molecule has 0 aliphatic carbocycles. The topological polar surface area (TPSA) is 67.8 Å². The Morgan fingerprint density at radius 3 is 2.52 bits per heavy atom. The number of benzene rings is 3. The first kappa shape index (κ1) is 22.8. The van der Waals surface area contributed by atoms with Crippen molar-refractivity contribution in [1.82, 2.24) is 5.32 Å². The summed E-state index contributed by atoms with van der Waals surface area (Å²) < 4.78 is 11.2. The van der Waals surface area contributed by atoms with Crippen LogP contribution in [0, 0.1) is 0 Å². The van der Waals surface area contributed by atoms with Crippen molar-refractivity contribution in [3.05, 3.63) is 71.8 Å². The number of carbonyl (C=O) groups is 1. The Hall–Kier alpha value is -2.89. The summed E-state index contributed by atoms with van der Waals surface area (Å²) in [4.78, 5) is 12.7. The minimum atomic E-state index is -0.620. The highest BCUT2D eigenvalue weighted by Gasteiger charge is 2.12. The highest BCUT2D eigenvalue weighted by molar-refractivity contribution is 6.00. The van der Waals surface area contributed by atoms with Gasteiger partial charge in [0.2, 0.25) is 0 Å². The predicted molar refractivity (Wildman–Crippen MR) is 124 cm³/mol. The molecule has 3 aromatic rings. The molecule has 5 nitrogen and oxygen atoms in total. The first-order chi connectivity index (χ1) is 15.0. The van der Waals surface area contributed by atoms with E-state index in [2.05, 4.69) is 5.32 Å². The average molecular weight is 422 g/mol. The molecule has 0 aromatic heterocycles. The van der Waals surface area contributed by atoms with Gasteiger partial charge in [-0.15, -0.1) is 0 Å². The molecule has 0 saturated heterocycles. The van der Waals surface area contributed by atoms with Crippen LogP contribution in [0.1, 0.15) is 36.2 Å². The fourth-order valence-corrected chi connectivity index (χ4v) is 3.37. The van der Waals surface area contributed by atoms with E-state index >= 15 is 0 Å². The third-order valence-corrected chi connectivity index (χ3v) is 5.13. The van der Waals surface area contributed by atoms with E-state index in [9.17, 15) is 9.90 Å². The highest BCUT2D eigenvalue weighted by atomic mass is 16.5. The van der Waals surface area contributed by atoms with Crippen LogP contribution in [0.4, 0.5) is 0 Å². The van der Waals surface area contributed by atoms with Gasteiger partial charge in [-0.2, -0.15) is 0 Å². The number of rotatable bonds is 11. The van der Waals surface area contributed by atoms with Gasteiger partial charge in [0, 0.05) is 24.6 Å². The lowest BCUT2D eigenvalue weighted by molar-refractivity contribution is 0.0983. The summed E-state index contributed by atoms with van der Waals surface area (Å²) in [6.45, 7) is 4.67. The maximum atomic E-state index is 12.7. The molecule has 0 saturated carbocycles. The third kappa shape index (κ3) is 6.54. The fourth-order valence-electron chi connectivity index (χ4n) is 3.37. The molecule has 31 heavy (non-hydrogen) atoms. The lowest BCUT2D eigenvalue weighted by Crippen LogP contribution is -2.35. The van der Waals surface area contributed by atoms with Crippen LogP contribution in [0.5, 0.6) is 11.5 Å². The maximum Gasteiger partial charge on any atom is 0.163 e. The number of carbonyl (C=O) groups excluding carboxylic acids is 1. The Labute approximate surface area is 184 Å². The van der Waals surface area contributed by atoms with Crippen molar-refractivity contribution in [3.63, 3.8) is 0 Å². The average Bonchev–Trinajstić information content (AvgIpc) is 2.79. The minimum absolute atomic E-state index is 0.110. The number of nitrogens with one attached hydrogen (secondary N) is 1. The lowest BCUT2D eigenvalue weighted by atomic mass is 10.00. The van der Waals surface area contributed by atoms with Crippen LogP contribution in [0.3, 0.4) is 0 Å². The van der Waals surface area contributed by atoms with E-state index in [1.54, 1.807) is 7.11 Å². The number of hydrogen-bond acceptors (Lipinski definition) is 5. The van der Waals surface area contributed by atoms with Crippen LogP contribution in [-0.4, -0.2) is 43.3 Å². The number of ether oxygens (including phenoxy) is 2. The van der Waals surface area contributed by atoms with Crippen molar-refractivity contribution in [1.29, 1.82) is 0 Å². The molecule has 0 amide bonds. The number of ketones is 1. The quantitative estimate of drug-likeness (QED) is 0.449. The summed E-state index contributed by atoms with van der Waals surface area (Å²) >= 11 is 0. The van der Waals surface area contributed by atoms with Gasteiger partial charge >= 0.3 is 0 Å². The number of aliphatic hydroxyl groups is 1. The number of hydrogen-bond donors (Lipinski definition) is 2. The van der Waals surface area contributed by atoms with E-state index in [4.69, 9.17) is 9.47 Å². The van der Waals surface area contributed by atoms with Gasteiger partial charge in [0.25, 0.3) is 0 Å². The summed E-state index contributed by atoms with van der Waals surface area (Å²) in [6, 6.07) is 19.8. The van der Waals surface area contributed by atoms with E-state index in [0.717, 1.165) is 21.9 Å². The van der Waals surface area contributed by atoms with E-state index in [1.165, 1.54) is 0 Å². The molecule has 0 bridgehead atoms. The van der Waals surface area contributed by atoms with Gasteiger partial charge < -0.3 is 19.9 Å². The van der Waals surface area contributed by atoms with Gasteiger partial charge in [0.15, 0.2) is 17.3 Å². The summed E-state index contributed by atoms with van der Waals surface area (Å²) in [6.07, 6.45) is 0.388. The zero-order valence-electron chi connectivity index (χ0n) is 18.4. The van der Waals surface area contributed by atoms with Crippen LogP contribution in [0.2, 0.25) is 0 Å². The SMILES string of the molecule is COc1ccc(CCC(=O)c2ccc3ccccc3c2)cc1OCC(O)CNC(C)C. The van der Waals surface area contributed by atoms with Crippen LogP contribution in [0.25, 0.3) is 10.8 Å². The number of methoxy groups -OCH3 is 1. The van der Waals surface area contributed by atoms with E-state index in [1.807, 2.05) is 74.5 Å². The first-order valence-corrected chi connectivity index (χ1v) is 10.7. The van der Waals surface area contributed by atoms with E-state index < -0.39 is 6.10 Å².